The molecule has 0 radical (unpaired) electrons. The summed E-state index contributed by atoms with van der Waals surface area (Å²) >= 11 is 0. The highest BCUT2D eigenvalue weighted by Gasteiger charge is 2.11. The van der Waals surface area contributed by atoms with Crippen molar-refractivity contribution in [3.05, 3.63) is 65.5 Å². The molecule has 0 bridgehead atoms. The topological polar surface area (TPSA) is 43.7 Å². The van der Waals surface area contributed by atoms with Crippen molar-refractivity contribution >= 4 is 12.6 Å². The second-order valence-electron chi connectivity index (χ2n) is 4.88. The van der Waals surface area contributed by atoms with Crippen molar-refractivity contribution in [2.75, 3.05) is 7.05 Å². The molecule has 0 saturated carbocycles. The molecule has 0 aromatic heterocycles. The molecule has 2 rings (SSSR count). The second kappa shape index (κ2) is 6.66. The minimum atomic E-state index is -1.47. The zero-order valence-electron chi connectivity index (χ0n) is 11.3. The van der Waals surface area contributed by atoms with Gasteiger partial charge in [-0.2, -0.15) is 0 Å². The fraction of sp³-hybridized carbons (Fsp3) is 0.200. The molecule has 5 heteroatoms. The van der Waals surface area contributed by atoms with Crippen molar-refractivity contribution in [3.63, 3.8) is 0 Å². The van der Waals surface area contributed by atoms with Crippen LogP contribution in [0.2, 0.25) is 0 Å². The Morgan fingerprint density at radius 2 is 1.80 bits per heavy atom. The lowest BCUT2D eigenvalue weighted by Crippen LogP contribution is -2.30. The highest BCUT2D eigenvalue weighted by atomic mass is 19.1. The zero-order chi connectivity index (χ0) is 14.5. The van der Waals surface area contributed by atoms with Crippen molar-refractivity contribution in [2.45, 2.75) is 13.1 Å². The Hall–Kier alpha value is -1.69. The van der Waals surface area contributed by atoms with Crippen LogP contribution in [-0.2, 0) is 13.1 Å². The molecule has 0 aliphatic carbocycles. The molecule has 0 amide bonds. The van der Waals surface area contributed by atoms with E-state index in [2.05, 4.69) is 0 Å². The SMILES string of the molecule is CN(Cc1cccc(B(O)O)c1)Cc1ccccc1F. The summed E-state index contributed by atoms with van der Waals surface area (Å²) in [5, 5.41) is 18.3. The molecule has 2 aromatic rings. The number of halogens is 1. The molecule has 0 heterocycles. The maximum Gasteiger partial charge on any atom is 0.488 e. The van der Waals surface area contributed by atoms with Crippen molar-refractivity contribution in [2.24, 2.45) is 0 Å². The first-order chi connectivity index (χ1) is 9.56. The number of benzene rings is 2. The van der Waals surface area contributed by atoms with Gasteiger partial charge >= 0.3 is 7.12 Å². The van der Waals surface area contributed by atoms with Crippen LogP contribution < -0.4 is 5.46 Å². The van der Waals surface area contributed by atoms with Crippen molar-refractivity contribution < 1.29 is 14.4 Å². The van der Waals surface area contributed by atoms with E-state index in [1.807, 2.05) is 24.1 Å². The van der Waals surface area contributed by atoms with E-state index in [9.17, 15) is 4.39 Å². The molecule has 0 aliphatic rings. The highest BCUT2D eigenvalue weighted by Crippen LogP contribution is 2.11. The van der Waals surface area contributed by atoms with E-state index in [0.717, 1.165) is 5.56 Å². The Labute approximate surface area is 118 Å². The molecule has 0 spiro atoms. The average Bonchev–Trinajstić information content (AvgIpc) is 2.41. The maximum atomic E-state index is 13.6. The normalized spacial score (nSPS) is 10.8. The van der Waals surface area contributed by atoms with Crippen molar-refractivity contribution in [1.29, 1.82) is 0 Å². The van der Waals surface area contributed by atoms with Gasteiger partial charge in [-0.25, -0.2) is 4.39 Å². The van der Waals surface area contributed by atoms with E-state index in [1.165, 1.54) is 6.07 Å². The molecule has 0 fully saturated rings. The van der Waals surface area contributed by atoms with Gasteiger partial charge in [0.1, 0.15) is 5.82 Å². The van der Waals surface area contributed by atoms with Gasteiger partial charge in [-0.3, -0.25) is 4.90 Å². The summed E-state index contributed by atoms with van der Waals surface area (Å²) < 4.78 is 13.6. The Kier molecular flexibility index (Phi) is 4.90. The van der Waals surface area contributed by atoms with Crippen LogP contribution in [-0.4, -0.2) is 29.1 Å². The minimum Gasteiger partial charge on any atom is -0.423 e. The van der Waals surface area contributed by atoms with Crippen LogP contribution in [0, 0.1) is 5.82 Å². The van der Waals surface area contributed by atoms with E-state index in [-0.39, 0.29) is 5.82 Å². The van der Waals surface area contributed by atoms with Crippen LogP contribution in [0.15, 0.2) is 48.5 Å². The first-order valence-corrected chi connectivity index (χ1v) is 6.43. The van der Waals surface area contributed by atoms with Crippen molar-refractivity contribution in [1.82, 2.24) is 4.90 Å². The molecule has 0 aliphatic heterocycles. The van der Waals surface area contributed by atoms with Gasteiger partial charge in [-0.05, 0) is 24.1 Å². The summed E-state index contributed by atoms with van der Waals surface area (Å²) in [6.45, 7) is 1.10. The van der Waals surface area contributed by atoms with Crippen LogP contribution in [0.25, 0.3) is 0 Å². The smallest absolute Gasteiger partial charge is 0.423 e. The largest absolute Gasteiger partial charge is 0.488 e. The molecule has 2 N–H and O–H groups in total. The number of hydrogen-bond acceptors (Lipinski definition) is 3. The molecule has 3 nitrogen and oxygen atoms in total. The Bertz CT molecular complexity index is 577. The summed E-state index contributed by atoms with van der Waals surface area (Å²) in [6, 6.07) is 13.8. The van der Waals surface area contributed by atoms with Crippen LogP contribution in [0.1, 0.15) is 11.1 Å². The van der Waals surface area contributed by atoms with Gasteiger partial charge in [0.15, 0.2) is 0 Å². The van der Waals surface area contributed by atoms with E-state index in [4.69, 9.17) is 10.0 Å². The summed E-state index contributed by atoms with van der Waals surface area (Å²) in [5.74, 6) is -0.209. The third-order valence-corrected chi connectivity index (χ3v) is 3.10. The minimum absolute atomic E-state index is 0.209. The van der Waals surface area contributed by atoms with Gasteiger partial charge in [0, 0.05) is 18.7 Å². The fourth-order valence-corrected chi connectivity index (χ4v) is 2.14. The fourth-order valence-electron chi connectivity index (χ4n) is 2.14. The van der Waals surface area contributed by atoms with Crippen LogP contribution in [0.5, 0.6) is 0 Å². The van der Waals surface area contributed by atoms with Gasteiger partial charge < -0.3 is 10.0 Å². The Balaban J connectivity index is 2.03. The molecule has 0 saturated heterocycles. The van der Waals surface area contributed by atoms with Crippen LogP contribution >= 0.6 is 0 Å². The lowest BCUT2D eigenvalue weighted by molar-refractivity contribution is 0.313. The summed E-state index contributed by atoms with van der Waals surface area (Å²) in [5.41, 5.74) is 2.06. The quantitative estimate of drug-likeness (QED) is 0.803. The van der Waals surface area contributed by atoms with Crippen LogP contribution in [0.4, 0.5) is 4.39 Å². The predicted molar refractivity (Wildman–Crippen MR) is 77.8 cm³/mol. The molecule has 0 unspecified atom stereocenters. The van der Waals surface area contributed by atoms with E-state index in [0.29, 0.717) is 24.1 Å². The third-order valence-electron chi connectivity index (χ3n) is 3.10. The first-order valence-electron chi connectivity index (χ1n) is 6.43. The molecule has 20 heavy (non-hydrogen) atoms. The molecule has 0 atom stereocenters. The van der Waals surface area contributed by atoms with Gasteiger partial charge in [0.2, 0.25) is 0 Å². The van der Waals surface area contributed by atoms with Gasteiger partial charge in [0.25, 0.3) is 0 Å². The maximum absolute atomic E-state index is 13.6. The summed E-state index contributed by atoms with van der Waals surface area (Å²) in [6.07, 6.45) is 0. The standard InChI is InChI=1S/C15H17BFNO2/c1-18(11-13-6-2-3-8-15(13)17)10-12-5-4-7-14(9-12)16(19)20/h2-9,19-20H,10-11H2,1H3. The third kappa shape index (κ3) is 3.90. The summed E-state index contributed by atoms with van der Waals surface area (Å²) in [7, 11) is 0.431. The molecular weight excluding hydrogens is 256 g/mol. The van der Waals surface area contributed by atoms with E-state index >= 15 is 0 Å². The monoisotopic (exact) mass is 273 g/mol. The van der Waals surface area contributed by atoms with E-state index in [1.54, 1.807) is 30.3 Å². The average molecular weight is 273 g/mol. The van der Waals surface area contributed by atoms with E-state index < -0.39 is 7.12 Å². The molecule has 2 aromatic carbocycles. The summed E-state index contributed by atoms with van der Waals surface area (Å²) in [4.78, 5) is 1.97. The number of rotatable bonds is 5. The van der Waals surface area contributed by atoms with Gasteiger partial charge in [0.05, 0.1) is 0 Å². The molecular formula is C15H17BFNO2. The second-order valence-corrected chi connectivity index (χ2v) is 4.88. The molecule has 104 valence electrons. The lowest BCUT2D eigenvalue weighted by atomic mass is 9.79. The lowest BCUT2D eigenvalue weighted by Gasteiger charge is -2.17. The zero-order valence-corrected chi connectivity index (χ0v) is 11.3. The Morgan fingerprint density at radius 3 is 2.50 bits per heavy atom. The number of nitrogens with zero attached hydrogens (tertiary/aromatic N) is 1. The number of hydrogen-bond donors (Lipinski definition) is 2. The highest BCUT2D eigenvalue weighted by molar-refractivity contribution is 6.58. The predicted octanol–water partition coefficient (Wildman–Crippen LogP) is 1.14. The first kappa shape index (κ1) is 14.7. The van der Waals surface area contributed by atoms with Gasteiger partial charge in [-0.1, -0.05) is 42.5 Å². The Morgan fingerprint density at radius 1 is 1.05 bits per heavy atom. The van der Waals surface area contributed by atoms with Crippen LogP contribution in [0.3, 0.4) is 0 Å². The van der Waals surface area contributed by atoms with Crippen molar-refractivity contribution in [3.8, 4) is 0 Å². The van der Waals surface area contributed by atoms with Gasteiger partial charge in [-0.15, -0.1) is 0 Å².